The van der Waals surface area contributed by atoms with Gasteiger partial charge in [-0.15, -0.1) is 0 Å². The highest BCUT2D eigenvalue weighted by Gasteiger charge is 2.46. The fourth-order valence-corrected chi connectivity index (χ4v) is 10.1. The van der Waals surface area contributed by atoms with Gasteiger partial charge in [0.25, 0.3) is 0 Å². The van der Waals surface area contributed by atoms with Crippen LogP contribution in [0.1, 0.15) is 57.6 Å². The van der Waals surface area contributed by atoms with Gasteiger partial charge in [-0.1, -0.05) is 56.2 Å². The monoisotopic (exact) mass is 550 g/mol. The van der Waals surface area contributed by atoms with E-state index in [1.165, 1.54) is 0 Å². The molecule has 0 bridgehead atoms. The van der Waals surface area contributed by atoms with E-state index in [1.807, 2.05) is 13.8 Å². The maximum atomic E-state index is 13.5. The molecule has 1 saturated carbocycles. The Labute approximate surface area is 219 Å². The fraction of sp³-hybridized carbons (Fsp3) is 0.571. The van der Waals surface area contributed by atoms with Crippen LogP contribution in [0.4, 0.5) is 0 Å². The Hall–Kier alpha value is -1.48. The van der Waals surface area contributed by atoms with Gasteiger partial charge >= 0.3 is 0 Å². The van der Waals surface area contributed by atoms with E-state index in [0.717, 1.165) is 11.1 Å². The molecule has 1 aliphatic carbocycles. The van der Waals surface area contributed by atoms with Crippen molar-refractivity contribution in [3.63, 3.8) is 0 Å². The summed E-state index contributed by atoms with van der Waals surface area (Å²) in [6.45, 7) is 14.9. The molecule has 0 N–H and O–H groups in total. The van der Waals surface area contributed by atoms with Crippen molar-refractivity contribution in [1.29, 1.82) is 0 Å². The van der Waals surface area contributed by atoms with Crippen molar-refractivity contribution in [2.45, 2.75) is 94.3 Å². The Bertz CT molecular complexity index is 1170. The van der Waals surface area contributed by atoms with Crippen molar-refractivity contribution in [3.05, 3.63) is 59.7 Å². The third-order valence-electron chi connectivity index (χ3n) is 8.01. The van der Waals surface area contributed by atoms with Crippen LogP contribution in [0.15, 0.2) is 58.3 Å². The van der Waals surface area contributed by atoms with Crippen molar-refractivity contribution >= 4 is 28.0 Å². The van der Waals surface area contributed by atoms with Crippen LogP contribution in [0.3, 0.4) is 0 Å². The second kappa shape index (κ2) is 10.3. The van der Waals surface area contributed by atoms with Crippen molar-refractivity contribution in [3.8, 4) is 0 Å². The van der Waals surface area contributed by atoms with Gasteiger partial charge in [-0.05, 0) is 87.3 Å². The van der Waals surface area contributed by atoms with Gasteiger partial charge < -0.3 is 4.43 Å². The van der Waals surface area contributed by atoms with E-state index in [2.05, 4.69) is 33.9 Å². The number of aryl methyl sites for hydroxylation is 2. The van der Waals surface area contributed by atoms with Crippen LogP contribution < -0.4 is 0 Å². The molecular formula is C28H42O5S2Si. The second-order valence-electron chi connectivity index (χ2n) is 12.2. The zero-order valence-corrected chi connectivity index (χ0v) is 25.4. The highest BCUT2D eigenvalue weighted by Crippen LogP contribution is 2.45. The van der Waals surface area contributed by atoms with Crippen molar-refractivity contribution < 1.29 is 21.3 Å². The molecule has 8 heteroatoms. The standard InChI is InChI=1S/C28H42O5S2Si/c1-22-8-12-25(13-9-22)34(29,30)20-28(21-35(31,32)26-14-10-23(2)11-15-26)18-16-24(17-19-28)33-36(6,7)27(3,4)5/h8-15,24H,16-21H2,1-7H3. The molecule has 1 aliphatic rings. The van der Waals surface area contributed by atoms with Gasteiger partial charge in [-0.3, -0.25) is 0 Å². The minimum Gasteiger partial charge on any atom is -0.414 e. The highest BCUT2D eigenvalue weighted by atomic mass is 32.2. The number of benzene rings is 2. The molecule has 0 aromatic heterocycles. The lowest BCUT2D eigenvalue weighted by Crippen LogP contribution is -2.47. The predicted octanol–water partition coefficient (Wildman–Crippen LogP) is 6.50. The van der Waals surface area contributed by atoms with E-state index >= 15 is 0 Å². The molecular weight excluding hydrogens is 509 g/mol. The van der Waals surface area contributed by atoms with Gasteiger partial charge in [0.2, 0.25) is 0 Å². The summed E-state index contributed by atoms with van der Waals surface area (Å²) < 4.78 is 60.7. The maximum absolute atomic E-state index is 13.5. The molecule has 0 unspecified atom stereocenters. The van der Waals surface area contributed by atoms with Crippen LogP contribution in [0.5, 0.6) is 0 Å². The molecule has 200 valence electrons. The minimum atomic E-state index is -3.67. The second-order valence-corrected chi connectivity index (χ2v) is 21.0. The van der Waals surface area contributed by atoms with E-state index in [1.54, 1.807) is 48.5 Å². The third kappa shape index (κ3) is 6.88. The molecule has 0 heterocycles. The van der Waals surface area contributed by atoms with E-state index in [9.17, 15) is 16.8 Å². The Balaban J connectivity index is 1.90. The normalized spacial score (nSPS) is 17.8. The fourth-order valence-electron chi connectivity index (χ4n) is 4.71. The summed E-state index contributed by atoms with van der Waals surface area (Å²) in [5, 5.41) is 0.0745. The quantitative estimate of drug-likeness (QED) is 0.351. The zero-order chi connectivity index (χ0) is 27.0. The van der Waals surface area contributed by atoms with Crippen LogP contribution in [-0.4, -0.2) is 42.8 Å². The summed E-state index contributed by atoms with van der Waals surface area (Å²) in [6, 6.07) is 13.6. The highest BCUT2D eigenvalue weighted by molar-refractivity contribution is 7.92. The van der Waals surface area contributed by atoms with Gasteiger partial charge in [0.15, 0.2) is 28.0 Å². The molecule has 0 atom stereocenters. The minimum absolute atomic E-state index is 0.0307. The van der Waals surface area contributed by atoms with E-state index in [-0.39, 0.29) is 32.4 Å². The summed E-state index contributed by atoms with van der Waals surface area (Å²) in [5.41, 5.74) is 1.10. The van der Waals surface area contributed by atoms with E-state index in [4.69, 9.17) is 4.43 Å². The average Bonchev–Trinajstić information content (AvgIpc) is 2.74. The number of rotatable bonds is 8. The molecule has 0 spiro atoms. The van der Waals surface area contributed by atoms with Crippen LogP contribution in [0, 0.1) is 19.3 Å². The first kappa shape index (κ1) is 29.1. The number of sulfone groups is 2. The van der Waals surface area contributed by atoms with E-state index in [0.29, 0.717) is 25.7 Å². The lowest BCUT2D eigenvalue weighted by molar-refractivity contribution is 0.0899. The molecule has 2 aromatic carbocycles. The van der Waals surface area contributed by atoms with Gasteiger partial charge in [0.05, 0.1) is 21.3 Å². The summed E-state index contributed by atoms with van der Waals surface area (Å²) in [5.74, 6) is -0.359. The number of hydrogen-bond acceptors (Lipinski definition) is 5. The smallest absolute Gasteiger partial charge is 0.192 e. The van der Waals surface area contributed by atoms with Crippen molar-refractivity contribution in [2.24, 2.45) is 5.41 Å². The van der Waals surface area contributed by atoms with Gasteiger partial charge in [-0.25, -0.2) is 16.8 Å². The molecule has 0 saturated heterocycles. The topological polar surface area (TPSA) is 77.5 Å². The van der Waals surface area contributed by atoms with Gasteiger partial charge in [-0.2, -0.15) is 0 Å². The SMILES string of the molecule is Cc1ccc(S(=O)(=O)CC2(CS(=O)(=O)c3ccc(C)cc3)CCC(O[Si](C)(C)C(C)(C)C)CC2)cc1. The van der Waals surface area contributed by atoms with Crippen LogP contribution in [0.2, 0.25) is 18.1 Å². The summed E-state index contributed by atoms with van der Waals surface area (Å²) in [7, 11) is -9.32. The molecule has 5 nitrogen and oxygen atoms in total. The lowest BCUT2D eigenvalue weighted by Gasteiger charge is -2.44. The maximum Gasteiger partial charge on any atom is 0.192 e. The largest absolute Gasteiger partial charge is 0.414 e. The first-order valence-corrected chi connectivity index (χ1v) is 18.9. The van der Waals surface area contributed by atoms with Crippen LogP contribution >= 0.6 is 0 Å². The third-order valence-corrected chi connectivity index (χ3v) is 16.5. The van der Waals surface area contributed by atoms with E-state index < -0.39 is 33.4 Å². The summed E-state index contributed by atoms with van der Waals surface area (Å²) >= 11 is 0. The lowest BCUT2D eigenvalue weighted by atomic mass is 9.76. The van der Waals surface area contributed by atoms with Crippen LogP contribution in [0.25, 0.3) is 0 Å². The number of hydrogen-bond donors (Lipinski definition) is 0. The molecule has 0 aliphatic heterocycles. The van der Waals surface area contributed by atoms with Gasteiger partial charge in [0, 0.05) is 6.10 Å². The molecule has 3 rings (SSSR count). The first-order valence-electron chi connectivity index (χ1n) is 12.7. The molecule has 0 radical (unpaired) electrons. The predicted molar refractivity (Wildman–Crippen MR) is 149 cm³/mol. The zero-order valence-electron chi connectivity index (χ0n) is 22.8. The molecule has 1 fully saturated rings. The van der Waals surface area contributed by atoms with Crippen LogP contribution in [-0.2, 0) is 24.1 Å². The summed E-state index contributed by atoms with van der Waals surface area (Å²) in [6.07, 6.45) is 2.37. The molecule has 2 aromatic rings. The first-order chi connectivity index (χ1) is 16.4. The Morgan fingerprint density at radius 3 is 1.47 bits per heavy atom. The van der Waals surface area contributed by atoms with Crippen molar-refractivity contribution in [2.75, 3.05) is 11.5 Å². The molecule has 36 heavy (non-hydrogen) atoms. The Morgan fingerprint density at radius 2 is 1.14 bits per heavy atom. The Kier molecular flexibility index (Phi) is 8.36. The average molecular weight is 551 g/mol. The Morgan fingerprint density at radius 1 is 0.778 bits per heavy atom. The summed E-state index contributed by atoms with van der Waals surface area (Å²) in [4.78, 5) is 0.500. The molecule has 0 amide bonds. The van der Waals surface area contributed by atoms with Crippen molar-refractivity contribution in [1.82, 2.24) is 0 Å². The van der Waals surface area contributed by atoms with Gasteiger partial charge in [0.1, 0.15) is 0 Å².